The Hall–Kier alpha value is -1.49. The highest BCUT2D eigenvalue weighted by Gasteiger charge is 2.29. The summed E-state index contributed by atoms with van der Waals surface area (Å²) in [6, 6.07) is 2.83. The number of amides is 1. The lowest BCUT2D eigenvalue weighted by Crippen LogP contribution is -2.50. The number of benzene rings is 1. The summed E-state index contributed by atoms with van der Waals surface area (Å²) >= 11 is 0. The molecule has 0 radical (unpaired) electrons. The molecule has 1 N–H and O–H groups in total. The molecule has 1 amide bonds. The van der Waals surface area contributed by atoms with Crippen LogP contribution >= 0.6 is 0 Å². The molecule has 3 nitrogen and oxygen atoms in total. The van der Waals surface area contributed by atoms with Gasteiger partial charge in [-0.1, -0.05) is 0 Å². The summed E-state index contributed by atoms with van der Waals surface area (Å²) < 4.78 is 26.7. The summed E-state index contributed by atoms with van der Waals surface area (Å²) in [6.45, 7) is 0.428. The molecular formula is C12H14F2N2O. The number of hydrogen-bond acceptors (Lipinski definition) is 2. The number of likely N-dealkylation sites (N-methyl/N-ethyl adjacent to an activating group) is 1. The fourth-order valence-electron chi connectivity index (χ4n) is 2.07. The Kier molecular flexibility index (Phi) is 3.38. The normalized spacial score (nSPS) is 20.8. The van der Waals surface area contributed by atoms with E-state index in [1.54, 1.807) is 7.05 Å². The molecular weight excluding hydrogens is 226 g/mol. The molecule has 1 heterocycles. The van der Waals surface area contributed by atoms with Crippen LogP contribution in [0.5, 0.6) is 0 Å². The third kappa shape index (κ3) is 2.29. The van der Waals surface area contributed by atoms with Crippen molar-refractivity contribution in [2.24, 2.45) is 0 Å². The molecule has 0 aliphatic carbocycles. The Morgan fingerprint density at radius 2 is 2.18 bits per heavy atom. The molecule has 1 aromatic carbocycles. The summed E-state index contributed by atoms with van der Waals surface area (Å²) in [6.07, 6.45) is 1.50. The topological polar surface area (TPSA) is 32.3 Å². The van der Waals surface area contributed by atoms with Crippen LogP contribution in [0.3, 0.4) is 0 Å². The highest BCUT2D eigenvalue weighted by Crippen LogP contribution is 2.24. The van der Waals surface area contributed by atoms with E-state index in [1.807, 2.05) is 0 Å². The third-order valence-corrected chi connectivity index (χ3v) is 2.99. The highest BCUT2D eigenvalue weighted by atomic mass is 19.1. The first-order valence-corrected chi connectivity index (χ1v) is 5.57. The molecule has 1 unspecified atom stereocenters. The molecule has 1 saturated heterocycles. The van der Waals surface area contributed by atoms with E-state index in [9.17, 15) is 13.6 Å². The number of carbonyl (C=O) groups is 1. The molecule has 5 heteroatoms. The quantitative estimate of drug-likeness (QED) is 0.853. The van der Waals surface area contributed by atoms with Gasteiger partial charge in [0.2, 0.25) is 5.91 Å². The van der Waals surface area contributed by atoms with Gasteiger partial charge in [-0.15, -0.1) is 0 Å². The molecule has 0 spiro atoms. The first kappa shape index (κ1) is 12.0. The second kappa shape index (κ2) is 4.79. The number of carbonyl (C=O) groups excluding carboxylic acids is 1. The Bertz CT molecular complexity index is 437. The second-order valence-corrected chi connectivity index (χ2v) is 4.07. The van der Waals surface area contributed by atoms with E-state index in [2.05, 4.69) is 5.32 Å². The summed E-state index contributed by atoms with van der Waals surface area (Å²) in [5.74, 6) is -1.32. The van der Waals surface area contributed by atoms with E-state index >= 15 is 0 Å². The lowest BCUT2D eigenvalue weighted by molar-refractivity contribution is -0.121. The van der Waals surface area contributed by atoms with E-state index in [4.69, 9.17) is 0 Å². The Morgan fingerprint density at radius 3 is 2.88 bits per heavy atom. The first-order chi connectivity index (χ1) is 8.13. The fourth-order valence-corrected chi connectivity index (χ4v) is 2.07. The van der Waals surface area contributed by atoms with E-state index in [0.29, 0.717) is 6.54 Å². The minimum atomic E-state index is -0.573. The Balaban J connectivity index is 2.32. The van der Waals surface area contributed by atoms with Crippen LogP contribution < -0.4 is 10.2 Å². The van der Waals surface area contributed by atoms with Gasteiger partial charge >= 0.3 is 0 Å². The van der Waals surface area contributed by atoms with Gasteiger partial charge in [0.1, 0.15) is 11.6 Å². The molecule has 17 heavy (non-hydrogen) atoms. The zero-order valence-electron chi connectivity index (χ0n) is 9.54. The van der Waals surface area contributed by atoms with Crippen molar-refractivity contribution >= 4 is 11.6 Å². The minimum Gasteiger partial charge on any atom is -0.309 e. The van der Waals surface area contributed by atoms with Crippen LogP contribution in [0.1, 0.15) is 12.8 Å². The van der Waals surface area contributed by atoms with Gasteiger partial charge in [0.05, 0.1) is 11.7 Å². The van der Waals surface area contributed by atoms with E-state index < -0.39 is 11.6 Å². The van der Waals surface area contributed by atoms with Crippen molar-refractivity contribution in [2.75, 3.05) is 18.5 Å². The van der Waals surface area contributed by atoms with Crippen molar-refractivity contribution in [3.8, 4) is 0 Å². The zero-order chi connectivity index (χ0) is 12.4. The average Bonchev–Trinajstić information content (AvgIpc) is 2.33. The maximum absolute atomic E-state index is 13.6. The maximum atomic E-state index is 13.6. The van der Waals surface area contributed by atoms with Gasteiger partial charge in [-0.05, 0) is 32.0 Å². The van der Waals surface area contributed by atoms with Crippen LogP contribution in [0.2, 0.25) is 0 Å². The molecule has 2 rings (SSSR count). The van der Waals surface area contributed by atoms with E-state index in [0.717, 1.165) is 31.0 Å². The van der Waals surface area contributed by atoms with Gasteiger partial charge in [-0.3, -0.25) is 4.79 Å². The molecule has 0 aromatic heterocycles. The fraction of sp³-hybridized carbons (Fsp3) is 0.417. The molecule has 0 saturated carbocycles. The van der Waals surface area contributed by atoms with Crippen molar-refractivity contribution in [3.63, 3.8) is 0 Å². The number of nitrogens with zero attached hydrogens (tertiary/aromatic N) is 1. The van der Waals surface area contributed by atoms with Crippen LogP contribution in [0, 0.1) is 11.6 Å². The lowest BCUT2D eigenvalue weighted by atomic mass is 10.0. The number of hydrogen-bond donors (Lipinski definition) is 1. The largest absolute Gasteiger partial charge is 0.309 e. The van der Waals surface area contributed by atoms with Gasteiger partial charge in [0.25, 0.3) is 0 Å². The van der Waals surface area contributed by atoms with Crippen molar-refractivity contribution < 1.29 is 13.6 Å². The number of anilines is 1. The molecule has 1 atom stereocenters. The second-order valence-electron chi connectivity index (χ2n) is 4.07. The summed E-state index contributed by atoms with van der Waals surface area (Å²) in [5.41, 5.74) is 0.0231. The van der Waals surface area contributed by atoms with Gasteiger partial charge < -0.3 is 10.2 Å². The molecule has 1 aliphatic heterocycles. The molecule has 92 valence electrons. The van der Waals surface area contributed by atoms with Crippen LogP contribution in [-0.4, -0.2) is 25.5 Å². The van der Waals surface area contributed by atoms with Crippen molar-refractivity contribution in [1.82, 2.24) is 5.32 Å². The monoisotopic (exact) mass is 240 g/mol. The zero-order valence-corrected chi connectivity index (χ0v) is 9.54. The minimum absolute atomic E-state index is 0.0231. The van der Waals surface area contributed by atoms with Crippen LogP contribution in [0.15, 0.2) is 18.2 Å². The van der Waals surface area contributed by atoms with Crippen molar-refractivity contribution in [2.45, 2.75) is 18.9 Å². The summed E-state index contributed by atoms with van der Waals surface area (Å²) in [4.78, 5) is 13.3. The highest BCUT2D eigenvalue weighted by molar-refractivity contribution is 5.98. The van der Waals surface area contributed by atoms with E-state index in [-0.39, 0.29) is 17.6 Å². The van der Waals surface area contributed by atoms with Gasteiger partial charge in [-0.25, -0.2) is 8.78 Å². The van der Waals surface area contributed by atoms with Gasteiger partial charge in [0, 0.05) is 12.6 Å². The number of nitrogens with one attached hydrogen (secondary N) is 1. The first-order valence-electron chi connectivity index (χ1n) is 5.57. The molecule has 1 fully saturated rings. The van der Waals surface area contributed by atoms with E-state index in [1.165, 1.54) is 4.90 Å². The lowest BCUT2D eigenvalue weighted by Gasteiger charge is -2.32. The van der Waals surface area contributed by atoms with Crippen LogP contribution in [0.25, 0.3) is 0 Å². The molecule has 1 aliphatic rings. The van der Waals surface area contributed by atoms with Gasteiger partial charge in [-0.2, -0.15) is 0 Å². The van der Waals surface area contributed by atoms with Crippen molar-refractivity contribution in [3.05, 3.63) is 29.8 Å². The van der Waals surface area contributed by atoms with Crippen molar-refractivity contribution in [1.29, 1.82) is 0 Å². The Labute approximate surface area is 98.4 Å². The Morgan fingerprint density at radius 1 is 1.41 bits per heavy atom. The molecule has 1 aromatic rings. The predicted molar refractivity (Wildman–Crippen MR) is 60.8 cm³/mol. The smallest absolute Gasteiger partial charge is 0.244 e. The predicted octanol–water partition coefficient (Wildman–Crippen LogP) is 1.68. The standard InChI is InChI=1S/C12H14F2N2O/c1-15-10-3-2-6-16(12(10)17)11-7-8(13)4-5-9(11)14/h4-5,7,10,15H,2-3,6H2,1H3. The van der Waals surface area contributed by atoms with Crippen LogP contribution in [0.4, 0.5) is 14.5 Å². The number of piperidine rings is 1. The third-order valence-electron chi connectivity index (χ3n) is 2.99. The summed E-state index contributed by atoms with van der Waals surface area (Å²) in [5, 5.41) is 2.88. The SMILES string of the molecule is CNC1CCCN(c2cc(F)ccc2F)C1=O. The number of rotatable bonds is 2. The van der Waals surface area contributed by atoms with Crippen LogP contribution in [-0.2, 0) is 4.79 Å². The maximum Gasteiger partial charge on any atom is 0.244 e. The average molecular weight is 240 g/mol. The molecule has 0 bridgehead atoms. The summed E-state index contributed by atoms with van der Waals surface area (Å²) in [7, 11) is 1.69. The number of halogens is 2. The van der Waals surface area contributed by atoms with Gasteiger partial charge in [0.15, 0.2) is 0 Å².